The topological polar surface area (TPSA) is 231 Å². The quantitative estimate of drug-likeness (QED) is 0.0322. The summed E-state index contributed by atoms with van der Waals surface area (Å²) >= 11 is 0. The molecule has 1 amide bonds. The molecule has 0 aromatic heterocycles. The molecule has 4 N–H and O–H groups in total. The lowest BCUT2D eigenvalue weighted by molar-refractivity contribution is 0.102. The van der Waals surface area contributed by atoms with Gasteiger partial charge < -0.3 is 77.4 Å². The Kier molecular flexibility index (Phi) is 34.0. The van der Waals surface area contributed by atoms with Gasteiger partial charge in [-0.25, -0.2) is 13.1 Å². The number of sulfonamides is 1. The van der Waals surface area contributed by atoms with E-state index in [-0.39, 0.29) is 67.3 Å². The van der Waals surface area contributed by atoms with Crippen LogP contribution in [0.1, 0.15) is 111 Å². The fourth-order valence-electron chi connectivity index (χ4n) is 16.1. The second-order valence-electron chi connectivity index (χ2n) is 34.9. The highest BCUT2D eigenvalue weighted by molar-refractivity contribution is 7.89. The number of carbonyl (C=O) groups excluding carboxylic acids is 1. The zero-order valence-corrected chi connectivity index (χ0v) is 81.1. The van der Waals surface area contributed by atoms with Gasteiger partial charge in [0.25, 0.3) is 5.91 Å². The van der Waals surface area contributed by atoms with Gasteiger partial charge in [0.2, 0.25) is 10.0 Å². The first kappa shape index (κ1) is 98.7. The van der Waals surface area contributed by atoms with Gasteiger partial charge >= 0.3 is 0 Å². The smallest absolute Gasteiger partial charge is 0.255 e. The third kappa shape index (κ3) is 30.0. The predicted molar refractivity (Wildman–Crippen MR) is 565 cm³/mol. The lowest BCUT2D eigenvalue weighted by atomic mass is 9.95. The van der Waals surface area contributed by atoms with E-state index in [4.69, 9.17) is 72.0 Å². The molecule has 0 aliphatic heterocycles. The number of carbonyl (C=O) groups is 1. The molecule has 0 aliphatic carbocycles. The van der Waals surface area contributed by atoms with E-state index in [0.29, 0.717) is 139 Å². The second-order valence-corrected chi connectivity index (χ2v) is 36.6. The molecule has 0 unspecified atom stereocenters. The SMILES string of the molecule is N[C@@H](c1ccccc1)[C@@H](NS(=O)(=O)c1ccc(NC(=O)c2cc(OCc3cc(OCc4cc(OCc5ccccc5)cc(OCc5ccccc5)c4)cc(OCc4cc(OCc5ccccc5)cc(OCc5ccccc5)c4)c3)cc(OCc3cc(OCc4cc(OCc5ccccc5)cc(OCc5ccccc5)c4)cc(OCc4cc(OCc5ccccc5)cc(OCc5ccccc5)c4)c3)c2)cc1)c1ccccc1. The maximum atomic E-state index is 15.3. The maximum Gasteiger partial charge on any atom is 0.255 e. The van der Waals surface area contributed by atoms with E-state index >= 15 is 4.79 Å². The molecule has 0 bridgehead atoms. The maximum absolute atomic E-state index is 15.3. The lowest BCUT2D eigenvalue weighted by Gasteiger charge is -2.26. The highest BCUT2D eigenvalue weighted by Crippen LogP contribution is 2.38. The average molecular weight is 1960 g/mol. The summed E-state index contributed by atoms with van der Waals surface area (Å²) in [7, 11) is -4.24. The van der Waals surface area contributed by atoms with E-state index < -0.39 is 28.0 Å². The van der Waals surface area contributed by atoms with Gasteiger partial charge in [-0.3, -0.25) is 4.79 Å². The van der Waals surface area contributed by atoms with Crippen LogP contribution in [0.15, 0.2) is 460 Å². The Morgan fingerprint density at radius 2 is 0.377 bits per heavy atom. The van der Waals surface area contributed by atoms with Crippen molar-refractivity contribution in [3.05, 3.63) is 550 Å². The largest absolute Gasteiger partial charge is 0.489 e. The van der Waals surface area contributed by atoms with Crippen molar-refractivity contribution in [2.45, 2.75) is 109 Å². The Morgan fingerprint density at radius 3 is 0.575 bits per heavy atom. The van der Waals surface area contributed by atoms with Crippen molar-refractivity contribution < 1.29 is 79.5 Å². The first-order valence-corrected chi connectivity index (χ1v) is 49.6. The van der Waals surface area contributed by atoms with E-state index in [1.54, 1.807) is 18.2 Å². The number of hydrogen-bond donors (Lipinski definition) is 3. The highest BCUT2D eigenvalue weighted by atomic mass is 32.2. The van der Waals surface area contributed by atoms with Crippen LogP contribution < -0.4 is 82.1 Å². The number of benzene rings is 18. The van der Waals surface area contributed by atoms with Crippen LogP contribution in [-0.4, -0.2) is 14.3 Å². The third-order valence-corrected chi connectivity index (χ3v) is 25.1. The van der Waals surface area contributed by atoms with Crippen molar-refractivity contribution in [3.63, 3.8) is 0 Å². The number of anilines is 1. The van der Waals surface area contributed by atoms with Crippen LogP contribution in [0, 0.1) is 0 Å². The molecule has 146 heavy (non-hydrogen) atoms. The number of nitrogens with two attached hydrogens (primary N) is 1. The summed E-state index contributed by atoms with van der Waals surface area (Å²) in [6, 6.07) is 141. The fraction of sp³-hybridized carbons (Fsp3) is 0.128. The predicted octanol–water partition coefficient (Wildman–Crippen LogP) is 26.8. The van der Waals surface area contributed by atoms with E-state index in [2.05, 4.69) is 10.0 Å². The van der Waals surface area contributed by atoms with Crippen molar-refractivity contribution in [1.29, 1.82) is 0 Å². The van der Waals surface area contributed by atoms with E-state index in [1.165, 1.54) is 24.3 Å². The molecule has 0 spiro atoms. The Balaban J connectivity index is 0.675. The first-order valence-electron chi connectivity index (χ1n) is 48.1. The molecule has 18 aromatic carbocycles. The number of hydrogen-bond acceptors (Lipinski definition) is 18. The summed E-state index contributed by atoms with van der Waals surface area (Å²) < 4.78 is 125. The minimum absolute atomic E-state index is 0.0600. The zero-order valence-electron chi connectivity index (χ0n) is 80.3. The molecular formula is C125H109N3O17S. The zero-order chi connectivity index (χ0) is 99.5. The molecule has 0 radical (unpaired) electrons. The molecule has 20 nitrogen and oxygen atoms in total. The summed E-state index contributed by atoms with van der Waals surface area (Å²) in [6.07, 6.45) is 0. The molecule has 0 heterocycles. The van der Waals surface area contributed by atoms with Crippen molar-refractivity contribution >= 4 is 21.6 Å². The Hall–Kier alpha value is -17.5. The van der Waals surface area contributed by atoms with E-state index in [0.717, 1.165) is 72.3 Å². The highest BCUT2D eigenvalue weighted by Gasteiger charge is 2.29. The van der Waals surface area contributed by atoms with Crippen LogP contribution in [0.25, 0.3) is 0 Å². The molecule has 21 heteroatoms. The molecule has 732 valence electrons. The summed E-state index contributed by atoms with van der Waals surface area (Å²) in [6.45, 7) is 2.60. The van der Waals surface area contributed by atoms with Crippen molar-refractivity contribution in [2.75, 3.05) is 5.32 Å². The molecule has 18 aromatic rings. The van der Waals surface area contributed by atoms with Crippen LogP contribution >= 0.6 is 0 Å². The summed E-state index contributed by atoms with van der Waals surface area (Å²) in [5.41, 5.74) is 20.9. The van der Waals surface area contributed by atoms with Crippen LogP contribution in [0.3, 0.4) is 0 Å². The van der Waals surface area contributed by atoms with Crippen molar-refractivity contribution in [1.82, 2.24) is 4.72 Å². The number of rotatable bonds is 50. The normalized spacial score (nSPS) is 11.5. The molecule has 0 aliphatic rings. The van der Waals surface area contributed by atoms with Crippen molar-refractivity contribution in [2.24, 2.45) is 5.73 Å². The minimum atomic E-state index is -4.24. The van der Waals surface area contributed by atoms with Gasteiger partial charge in [0.05, 0.1) is 17.0 Å². The second kappa shape index (κ2) is 50.3. The summed E-state index contributed by atoms with van der Waals surface area (Å²) in [5.74, 6) is 6.27. The van der Waals surface area contributed by atoms with Crippen molar-refractivity contribution in [3.8, 4) is 80.5 Å². The standard InChI is InChI=1S/C125H109N3O17S/c126-123(104-47-27-9-28-48-104)124(105-49-29-10-30-50-105)128-146(130,131)122-53-51-107(52-54-122)127-125(129)106-67-120(144-88-102-63-116(140-84-98-55-108(132-76-90-31-11-1-12-32-90)69-109(56-98)133-77-91-33-13-2-14-34-91)73-117(64-102)141-85-99-57-110(134-78-92-35-15-3-16-36-92)70-111(58-99)135-79-93-37-17-4-18-38-93)75-121(68-106)145-89-103-65-118(142-86-100-59-112(136-80-94-39-19-5-20-40-94)71-113(60-100)137-81-95-41-21-6-22-42-95)74-119(66-103)143-87-101-61-114(138-82-96-43-23-7-24-44-96)72-115(62-101)139-83-97-45-25-8-26-46-97/h1-75,123-124,128H,76-89,126H2,(H,127,129)/t123-,124-/m0/s1. The number of ether oxygens (including phenoxy) is 14. The molecular weight excluding hydrogens is 1850 g/mol. The summed E-state index contributed by atoms with van der Waals surface area (Å²) in [5, 5.41) is 3.01. The van der Waals surface area contributed by atoms with Gasteiger partial charge in [0.15, 0.2) is 0 Å². The lowest BCUT2D eigenvalue weighted by Crippen LogP contribution is -2.36. The van der Waals surface area contributed by atoms with Gasteiger partial charge in [-0.05, 0) is 198 Å². The number of nitrogens with one attached hydrogen (secondary N) is 2. The van der Waals surface area contributed by atoms with Crippen LogP contribution in [-0.2, 0) is 103 Å². The van der Waals surface area contributed by atoms with E-state index in [9.17, 15) is 8.42 Å². The van der Waals surface area contributed by atoms with Gasteiger partial charge in [0.1, 0.15) is 173 Å². The summed E-state index contributed by atoms with van der Waals surface area (Å²) in [4.78, 5) is 15.2. The Labute approximate surface area is 851 Å². The van der Waals surface area contributed by atoms with Gasteiger partial charge in [0, 0.05) is 53.7 Å². The minimum Gasteiger partial charge on any atom is -0.489 e. The monoisotopic (exact) mass is 1960 g/mol. The third-order valence-electron chi connectivity index (χ3n) is 23.6. The molecule has 0 saturated heterocycles. The molecule has 18 rings (SSSR count). The molecule has 2 atom stereocenters. The first-order chi connectivity index (χ1) is 71.7. The Bertz CT molecular complexity index is 6440. The van der Waals surface area contributed by atoms with Gasteiger partial charge in [-0.2, -0.15) is 0 Å². The van der Waals surface area contributed by atoms with Crippen LogP contribution in [0.5, 0.6) is 80.5 Å². The van der Waals surface area contributed by atoms with Gasteiger partial charge in [-0.15, -0.1) is 0 Å². The van der Waals surface area contributed by atoms with E-state index in [1.807, 2.05) is 413 Å². The van der Waals surface area contributed by atoms with Crippen LogP contribution in [0.4, 0.5) is 5.69 Å². The molecule has 0 saturated carbocycles. The Morgan fingerprint density at radius 1 is 0.205 bits per heavy atom. The molecule has 0 fully saturated rings. The van der Waals surface area contributed by atoms with Gasteiger partial charge in [-0.1, -0.05) is 303 Å². The van der Waals surface area contributed by atoms with Crippen LogP contribution in [0.2, 0.25) is 0 Å². The average Bonchev–Trinajstić information content (AvgIpc) is 0.796. The number of amides is 1. The fourth-order valence-corrected chi connectivity index (χ4v) is 17.4.